The number of halogens is 2. The molecule has 0 saturated carbocycles. The van der Waals surface area contributed by atoms with Gasteiger partial charge >= 0.3 is 0 Å². The molecule has 0 radical (unpaired) electrons. The summed E-state index contributed by atoms with van der Waals surface area (Å²) < 4.78 is 0.964. The van der Waals surface area contributed by atoms with Gasteiger partial charge in [0.2, 0.25) is 11.8 Å². The van der Waals surface area contributed by atoms with Crippen LogP contribution >= 0.6 is 27.5 Å². The Labute approximate surface area is 215 Å². The van der Waals surface area contributed by atoms with Gasteiger partial charge in [-0.2, -0.15) is 0 Å². The van der Waals surface area contributed by atoms with E-state index in [-0.39, 0.29) is 24.3 Å². The molecule has 3 aromatic rings. The van der Waals surface area contributed by atoms with Crippen molar-refractivity contribution in [3.8, 4) is 0 Å². The summed E-state index contributed by atoms with van der Waals surface area (Å²) in [6.07, 6.45) is 1.44. The lowest BCUT2D eigenvalue weighted by atomic mass is 10.0. The summed E-state index contributed by atoms with van der Waals surface area (Å²) in [7, 11) is 0. The fraction of sp³-hybridized carbons (Fsp3) is 0.286. The van der Waals surface area contributed by atoms with Gasteiger partial charge < -0.3 is 10.2 Å². The minimum absolute atomic E-state index is 0.0201. The molecule has 0 heterocycles. The van der Waals surface area contributed by atoms with Crippen molar-refractivity contribution < 1.29 is 9.59 Å². The van der Waals surface area contributed by atoms with Crippen molar-refractivity contribution in [1.82, 2.24) is 10.2 Å². The van der Waals surface area contributed by atoms with E-state index in [0.29, 0.717) is 18.0 Å². The maximum Gasteiger partial charge on any atom is 0.243 e. The number of hydrogen-bond donors (Lipinski definition) is 1. The second-order valence-electron chi connectivity index (χ2n) is 8.47. The highest BCUT2D eigenvalue weighted by Crippen LogP contribution is 2.19. The molecule has 4 nitrogen and oxygen atoms in total. The molecular weight excluding hydrogens is 512 g/mol. The van der Waals surface area contributed by atoms with Gasteiger partial charge in [-0.25, -0.2) is 0 Å². The molecule has 0 aliphatic rings. The standard InChI is InChI=1S/C28H30BrClN2O2/c1-3-20(2)31-28(34)26(17-21-7-5-4-6-8-21)32(19-23-9-13-24(29)14-10-23)27(33)18-22-11-15-25(30)16-12-22/h4-16,20,26H,3,17-19H2,1-2H3,(H,31,34)/t20-,26-/m1/s1. The number of benzene rings is 3. The second-order valence-corrected chi connectivity index (χ2v) is 9.83. The highest BCUT2D eigenvalue weighted by atomic mass is 79.9. The molecule has 34 heavy (non-hydrogen) atoms. The van der Waals surface area contributed by atoms with Crippen LogP contribution in [0.15, 0.2) is 83.3 Å². The van der Waals surface area contributed by atoms with Gasteiger partial charge in [0.05, 0.1) is 6.42 Å². The molecular formula is C28H30BrClN2O2. The Morgan fingerprint density at radius 3 is 2.15 bits per heavy atom. The summed E-state index contributed by atoms with van der Waals surface area (Å²) >= 11 is 9.49. The monoisotopic (exact) mass is 540 g/mol. The van der Waals surface area contributed by atoms with Gasteiger partial charge in [-0.05, 0) is 54.3 Å². The normalized spacial score (nSPS) is 12.6. The molecule has 0 unspecified atom stereocenters. The van der Waals surface area contributed by atoms with E-state index in [4.69, 9.17) is 11.6 Å². The lowest BCUT2D eigenvalue weighted by molar-refractivity contribution is -0.141. The molecule has 0 spiro atoms. The first-order chi connectivity index (χ1) is 16.4. The van der Waals surface area contributed by atoms with Gasteiger partial charge in [-0.3, -0.25) is 9.59 Å². The molecule has 178 valence electrons. The second kappa shape index (κ2) is 12.7. The summed E-state index contributed by atoms with van der Waals surface area (Å²) in [5, 5.41) is 3.72. The summed E-state index contributed by atoms with van der Waals surface area (Å²) in [5.74, 6) is -0.245. The van der Waals surface area contributed by atoms with Crippen molar-refractivity contribution >= 4 is 39.3 Å². The molecule has 0 fully saturated rings. The first kappa shape index (κ1) is 26.0. The summed E-state index contributed by atoms with van der Waals surface area (Å²) in [4.78, 5) is 28.8. The van der Waals surface area contributed by atoms with E-state index in [2.05, 4.69) is 21.2 Å². The molecule has 0 aromatic heterocycles. The number of carbonyl (C=O) groups is 2. The maximum absolute atomic E-state index is 13.7. The van der Waals surface area contributed by atoms with Crippen LogP contribution in [0.2, 0.25) is 5.02 Å². The van der Waals surface area contributed by atoms with Crippen LogP contribution in [0.5, 0.6) is 0 Å². The average molecular weight is 542 g/mol. The predicted molar refractivity (Wildman–Crippen MR) is 142 cm³/mol. The number of nitrogens with zero attached hydrogens (tertiary/aromatic N) is 1. The first-order valence-electron chi connectivity index (χ1n) is 11.5. The van der Waals surface area contributed by atoms with Crippen molar-refractivity contribution in [2.45, 2.75) is 51.7 Å². The van der Waals surface area contributed by atoms with Crippen LogP contribution in [0.25, 0.3) is 0 Å². The van der Waals surface area contributed by atoms with E-state index in [1.165, 1.54) is 0 Å². The van der Waals surface area contributed by atoms with E-state index in [1.807, 2.05) is 80.6 Å². The van der Waals surface area contributed by atoms with E-state index in [9.17, 15) is 9.59 Å². The van der Waals surface area contributed by atoms with Crippen LogP contribution in [0, 0.1) is 0 Å². The van der Waals surface area contributed by atoms with E-state index in [1.54, 1.807) is 17.0 Å². The van der Waals surface area contributed by atoms with Crippen LogP contribution < -0.4 is 5.32 Å². The topological polar surface area (TPSA) is 49.4 Å². The highest BCUT2D eigenvalue weighted by Gasteiger charge is 2.31. The quantitative estimate of drug-likeness (QED) is 0.332. The summed E-state index contributed by atoms with van der Waals surface area (Å²) in [6, 6.07) is 24.3. The minimum atomic E-state index is -0.639. The first-order valence-corrected chi connectivity index (χ1v) is 12.7. The zero-order chi connectivity index (χ0) is 24.5. The third-order valence-corrected chi connectivity index (χ3v) is 6.59. The Kier molecular flexibility index (Phi) is 9.73. The Morgan fingerprint density at radius 1 is 0.912 bits per heavy atom. The Hall–Kier alpha value is -2.63. The van der Waals surface area contributed by atoms with Crippen molar-refractivity contribution in [2.75, 3.05) is 0 Å². The zero-order valence-corrected chi connectivity index (χ0v) is 21.9. The summed E-state index contributed by atoms with van der Waals surface area (Å²) in [6.45, 7) is 4.35. The van der Waals surface area contributed by atoms with Crippen molar-refractivity contribution in [3.63, 3.8) is 0 Å². The van der Waals surface area contributed by atoms with E-state index >= 15 is 0 Å². The molecule has 0 aliphatic heterocycles. The van der Waals surface area contributed by atoms with Crippen LogP contribution in [-0.2, 0) is 29.0 Å². The lowest BCUT2D eigenvalue weighted by Crippen LogP contribution is -2.52. The van der Waals surface area contributed by atoms with Gasteiger partial charge in [-0.15, -0.1) is 0 Å². The summed E-state index contributed by atoms with van der Waals surface area (Å²) in [5.41, 5.74) is 2.82. The molecule has 1 N–H and O–H groups in total. The number of amides is 2. The van der Waals surface area contributed by atoms with E-state index in [0.717, 1.165) is 27.6 Å². The van der Waals surface area contributed by atoms with Crippen molar-refractivity contribution in [1.29, 1.82) is 0 Å². The average Bonchev–Trinajstić information content (AvgIpc) is 2.84. The van der Waals surface area contributed by atoms with Gasteiger partial charge in [0, 0.05) is 28.5 Å². The van der Waals surface area contributed by atoms with E-state index < -0.39 is 6.04 Å². The molecule has 3 aromatic carbocycles. The fourth-order valence-corrected chi connectivity index (χ4v) is 4.05. The molecule has 3 rings (SSSR count). The Morgan fingerprint density at radius 2 is 1.53 bits per heavy atom. The third-order valence-electron chi connectivity index (χ3n) is 5.81. The number of nitrogens with one attached hydrogen (secondary N) is 1. The van der Waals surface area contributed by atoms with Crippen LogP contribution in [0.1, 0.15) is 37.0 Å². The molecule has 0 bridgehead atoms. The van der Waals surface area contributed by atoms with Crippen molar-refractivity contribution in [2.24, 2.45) is 0 Å². The zero-order valence-electron chi connectivity index (χ0n) is 19.5. The van der Waals surface area contributed by atoms with Crippen LogP contribution in [0.4, 0.5) is 0 Å². The minimum Gasteiger partial charge on any atom is -0.352 e. The predicted octanol–water partition coefficient (Wildman–Crippen LogP) is 6.20. The molecule has 6 heteroatoms. The number of rotatable bonds is 10. The van der Waals surface area contributed by atoms with Crippen LogP contribution in [-0.4, -0.2) is 28.8 Å². The Balaban J connectivity index is 1.95. The SMILES string of the molecule is CC[C@@H](C)NC(=O)[C@@H](Cc1ccccc1)N(Cc1ccc(Br)cc1)C(=O)Cc1ccc(Cl)cc1. The largest absolute Gasteiger partial charge is 0.352 e. The van der Waals surface area contributed by atoms with Gasteiger partial charge in [0.1, 0.15) is 6.04 Å². The number of hydrogen-bond acceptors (Lipinski definition) is 2. The maximum atomic E-state index is 13.7. The van der Waals surface area contributed by atoms with Gasteiger partial charge in [0.25, 0.3) is 0 Å². The third kappa shape index (κ3) is 7.71. The highest BCUT2D eigenvalue weighted by molar-refractivity contribution is 9.10. The molecule has 2 amide bonds. The fourth-order valence-electron chi connectivity index (χ4n) is 3.66. The molecule has 0 aliphatic carbocycles. The van der Waals surface area contributed by atoms with Crippen molar-refractivity contribution in [3.05, 3.63) is 105 Å². The smallest absolute Gasteiger partial charge is 0.243 e. The lowest BCUT2D eigenvalue weighted by Gasteiger charge is -2.32. The molecule has 0 saturated heterocycles. The van der Waals surface area contributed by atoms with Gasteiger partial charge in [-0.1, -0.05) is 89.1 Å². The van der Waals surface area contributed by atoms with Gasteiger partial charge in [0.15, 0.2) is 0 Å². The Bertz CT molecular complexity index is 1070. The molecule has 2 atom stereocenters. The number of carbonyl (C=O) groups excluding carboxylic acids is 2. The van der Waals surface area contributed by atoms with Crippen LogP contribution in [0.3, 0.4) is 0 Å².